The molecule has 3 nitrogen and oxygen atoms in total. The molecule has 0 spiro atoms. The molecule has 0 amide bonds. The van der Waals surface area contributed by atoms with Crippen molar-refractivity contribution >= 4 is 5.97 Å². The van der Waals surface area contributed by atoms with Crippen molar-refractivity contribution in [3.63, 3.8) is 0 Å². The van der Waals surface area contributed by atoms with Crippen molar-refractivity contribution in [3.8, 4) is 0 Å². The van der Waals surface area contributed by atoms with Crippen LogP contribution in [0.15, 0.2) is 0 Å². The van der Waals surface area contributed by atoms with Crippen LogP contribution in [0.5, 0.6) is 0 Å². The number of esters is 1. The summed E-state index contributed by atoms with van der Waals surface area (Å²) in [7, 11) is 0. The molecule has 0 fully saturated rings. The third-order valence-electron chi connectivity index (χ3n) is 1.19. The molecule has 0 aliphatic carbocycles. The molecule has 0 saturated carbocycles. The van der Waals surface area contributed by atoms with Gasteiger partial charge in [0.2, 0.25) is 0 Å². The van der Waals surface area contributed by atoms with E-state index in [0.717, 1.165) is 0 Å². The zero-order chi connectivity index (χ0) is 10.3. The highest BCUT2D eigenvalue weighted by atomic mass is 19.3. The van der Waals surface area contributed by atoms with Crippen LogP contribution in [0.25, 0.3) is 0 Å². The third kappa shape index (κ3) is 4.72. The second-order valence-electron chi connectivity index (χ2n) is 2.29. The molecule has 1 N–H and O–H groups in total. The molecule has 13 heavy (non-hydrogen) atoms. The van der Waals surface area contributed by atoms with Crippen LogP contribution in [0.4, 0.5) is 13.2 Å². The molecule has 0 aromatic carbocycles. The Morgan fingerprint density at radius 1 is 1.54 bits per heavy atom. The van der Waals surface area contributed by atoms with Gasteiger partial charge in [-0.05, 0) is 6.92 Å². The summed E-state index contributed by atoms with van der Waals surface area (Å²) in [5, 5.41) is 2.09. The van der Waals surface area contributed by atoms with Crippen LogP contribution in [0.3, 0.4) is 0 Å². The Morgan fingerprint density at radius 2 is 2.15 bits per heavy atom. The SMILES string of the molecule is CCOC(=O)C(F)(F)CNCCF. The van der Waals surface area contributed by atoms with Crippen LogP contribution in [0, 0.1) is 0 Å². The molecule has 0 aliphatic heterocycles. The Bertz CT molecular complexity index is 164. The first kappa shape index (κ1) is 12.2. The van der Waals surface area contributed by atoms with Gasteiger partial charge in [0.05, 0.1) is 13.2 Å². The van der Waals surface area contributed by atoms with Gasteiger partial charge in [-0.25, -0.2) is 9.18 Å². The highest BCUT2D eigenvalue weighted by molar-refractivity contribution is 5.77. The fourth-order valence-corrected chi connectivity index (χ4v) is 0.621. The van der Waals surface area contributed by atoms with Crippen LogP contribution in [0.2, 0.25) is 0 Å². The maximum atomic E-state index is 12.7. The first-order chi connectivity index (χ1) is 6.04. The summed E-state index contributed by atoms with van der Waals surface area (Å²) in [5.41, 5.74) is 0. The lowest BCUT2D eigenvalue weighted by molar-refractivity contribution is -0.170. The summed E-state index contributed by atoms with van der Waals surface area (Å²) in [6.07, 6.45) is 0. The number of alkyl halides is 3. The van der Waals surface area contributed by atoms with Gasteiger partial charge in [0.1, 0.15) is 6.67 Å². The van der Waals surface area contributed by atoms with E-state index in [1.54, 1.807) is 0 Å². The largest absolute Gasteiger partial charge is 0.462 e. The number of halogens is 3. The third-order valence-corrected chi connectivity index (χ3v) is 1.19. The molecule has 0 radical (unpaired) electrons. The van der Waals surface area contributed by atoms with Gasteiger partial charge in [-0.15, -0.1) is 0 Å². The van der Waals surface area contributed by atoms with Crippen LogP contribution in [-0.4, -0.2) is 38.3 Å². The van der Waals surface area contributed by atoms with Crippen LogP contribution >= 0.6 is 0 Å². The van der Waals surface area contributed by atoms with Crippen molar-refractivity contribution in [2.45, 2.75) is 12.8 Å². The fraction of sp³-hybridized carbons (Fsp3) is 0.857. The average Bonchev–Trinajstić information content (AvgIpc) is 2.05. The smallest absolute Gasteiger partial charge is 0.378 e. The molecular formula is C7H12F3NO2. The number of hydrogen-bond donors (Lipinski definition) is 1. The number of ether oxygens (including phenoxy) is 1. The molecule has 78 valence electrons. The Labute approximate surface area is 74.3 Å². The van der Waals surface area contributed by atoms with Crippen molar-refractivity contribution in [2.75, 3.05) is 26.4 Å². The van der Waals surface area contributed by atoms with E-state index in [0.29, 0.717) is 0 Å². The lowest BCUT2D eigenvalue weighted by atomic mass is 10.3. The Balaban J connectivity index is 3.83. The summed E-state index contributed by atoms with van der Waals surface area (Å²) in [4.78, 5) is 10.6. The minimum atomic E-state index is -3.58. The van der Waals surface area contributed by atoms with Gasteiger partial charge in [-0.1, -0.05) is 0 Å². The minimum absolute atomic E-state index is 0.0997. The molecule has 0 aromatic heterocycles. The van der Waals surface area contributed by atoms with E-state index in [4.69, 9.17) is 0 Å². The van der Waals surface area contributed by atoms with E-state index < -0.39 is 25.1 Å². The Kier molecular flexibility index (Phi) is 5.45. The first-order valence-corrected chi connectivity index (χ1v) is 3.86. The van der Waals surface area contributed by atoms with Gasteiger partial charge >= 0.3 is 11.9 Å². The van der Waals surface area contributed by atoms with E-state index in [1.807, 2.05) is 0 Å². The number of hydrogen-bond acceptors (Lipinski definition) is 3. The molecule has 6 heteroatoms. The van der Waals surface area contributed by atoms with Crippen molar-refractivity contribution in [1.82, 2.24) is 5.32 Å². The summed E-state index contributed by atoms with van der Waals surface area (Å²) in [5.74, 6) is -5.16. The zero-order valence-electron chi connectivity index (χ0n) is 7.28. The van der Waals surface area contributed by atoms with Gasteiger partial charge in [0.15, 0.2) is 0 Å². The standard InChI is InChI=1S/C7H12F3NO2/c1-2-13-6(12)7(9,10)5-11-4-3-8/h11H,2-5H2,1H3. The Hall–Kier alpha value is -0.780. The van der Waals surface area contributed by atoms with Crippen molar-refractivity contribution in [2.24, 2.45) is 0 Å². The molecule has 0 heterocycles. The predicted molar refractivity (Wildman–Crippen MR) is 40.4 cm³/mol. The topological polar surface area (TPSA) is 38.3 Å². The molecule has 0 saturated heterocycles. The van der Waals surface area contributed by atoms with Crippen LogP contribution in [-0.2, 0) is 9.53 Å². The summed E-state index contributed by atoms with van der Waals surface area (Å²) < 4.78 is 40.9. The normalized spacial score (nSPS) is 11.4. The summed E-state index contributed by atoms with van der Waals surface area (Å²) >= 11 is 0. The molecule has 0 aliphatic rings. The van der Waals surface area contributed by atoms with Crippen molar-refractivity contribution in [1.29, 1.82) is 0 Å². The van der Waals surface area contributed by atoms with E-state index in [9.17, 15) is 18.0 Å². The number of nitrogens with one attached hydrogen (secondary N) is 1. The highest BCUT2D eigenvalue weighted by Crippen LogP contribution is 2.13. The zero-order valence-corrected chi connectivity index (χ0v) is 7.28. The van der Waals surface area contributed by atoms with E-state index in [1.165, 1.54) is 6.92 Å². The average molecular weight is 199 g/mol. The summed E-state index contributed by atoms with van der Waals surface area (Å²) in [6.45, 7) is -0.510. The molecule has 0 unspecified atom stereocenters. The highest BCUT2D eigenvalue weighted by Gasteiger charge is 2.39. The lowest BCUT2D eigenvalue weighted by Gasteiger charge is -2.14. The Morgan fingerprint density at radius 3 is 2.62 bits per heavy atom. The number of rotatable bonds is 6. The van der Waals surface area contributed by atoms with Gasteiger partial charge in [-0.2, -0.15) is 8.78 Å². The van der Waals surface area contributed by atoms with Crippen LogP contribution < -0.4 is 5.32 Å². The minimum Gasteiger partial charge on any atom is -0.462 e. The fourth-order valence-electron chi connectivity index (χ4n) is 0.621. The van der Waals surface area contributed by atoms with Crippen molar-refractivity contribution in [3.05, 3.63) is 0 Å². The lowest BCUT2D eigenvalue weighted by Crippen LogP contribution is -2.41. The van der Waals surface area contributed by atoms with Gasteiger partial charge in [-0.3, -0.25) is 0 Å². The van der Waals surface area contributed by atoms with E-state index >= 15 is 0 Å². The number of carbonyl (C=O) groups is 1. The molecule has 0 aromatic rings. The predicted octanol–water partition coefficient (Wildman–Crippen LogP) is 0.744. The van der Waals surface area contributed by atoms with Crippen LogP contribution in [0.1, 0.15) is 6.92 Å². The van der Waals surface area contributed by atoms with E-state index in [-0.39, 0.29) is 13.2 Å². The first-order valence-electron chi connectivity index (χ1n) is 3.86. The maximum absolute atomic E-state index is 12.7. The monoisotopic (exact) mass is 199 g/mol. The molecule has 0 atom stereocenters. The number of carbonyl (C=O) groups excluding carboxylic acids is 1. The second kappa shape index (κ2) is 5.80. The van der Waals surface area contributed by atoms with Gasteiger partial charge in [0.25, 0.3) is 0 Å². The molecule has 0 rings (SSSR count). The summed E-state index contributed by atoms with van der Waals surface area (Å²) in [6, 6.07) is 0. The molecule has 0 bridgehead atoms. The van der Waals surface area contributed by atoms with Gasteiger partial charge < -0.3 is 10.1 Å². The van der Waals surface area contributed by atoms with Gasteiger partial charge in [0, 0.05) is 6.54 Å². The quantitative estimate of drug-likeness (QED) is 0.506. The molecular weight excluding hydrogens is 187 g/mol. The van der Waals surface area contributed by atoms with E-state index in [2.05, 4.69) is 10.1 Å². The second-order valence-corrected chi connectivity index (χ2v) is 2.29. The van der Waals surface area contributed by atoms with Crippen molar-refractivity contribution < 1.29 is 22.7 Å². The maximum Gasteiger partial charge on any atom is 0.378 e.